The largest absolute Gasteiger partial charge is 0.453 e. The lowest BCUT2D eigenvalue weighted by molar-refractivity contribution is 0.0926. The molecule has 4 amide bonds. The maximum atomic E-state index is 13.3. The number of imide groups is 1. The van der Waals surface area contributed by atoms with E-state index in [-0.39, 0.29) is 59.3 Å². The third-order valence-corrected chi connectivity index (χ3v) is 10.6. The van der Waals surface area contributed by atoms with Crippen LogP contribution < -0.4 is 16.0 Å². The van der Waals surface area contributed by atoms with Crippen LogP contribution >= 0.6 is 11.3 Å². The number of anilines is 1. The van der Waals surface area contributed by atoms with Gasteiger partial charge in [0.05, 0.1) is 24.2 Å². The van der Waals surface area contributed by atoms with Crippen molar-refractivity contribution < 1.29 is 37.1 Å². The maximum Gasteiger partial charge on any atom is 0.413 e. The first-order valence-corrected chi connectivity index (χ1v) is 16.0. The summed E-state index contributed by atoms with van der Waals surface area (Å²) >= 11 is 1.24. The monoisotopic (exact) mass is 635 g/mol. The molecule has 234 valence electrons. The van der Waals surface area contributed by atoms with Gasteiger partial charge in [0.1, 0.15) is 5.00 Å². The molecule has 4 rings (SSSR count). The number of nitrogens with zero attached hydrogens (tertiary/aromatic N) is 2. The topological polar surface area (TPSA) is 163 Å². The second-order valence-electron chi connectivity index (χ2n) is 11.4. The highest BCUT2D eigenvalue weighted by atomic mass is 32.2. The van der Waals surface area contributed by atoms with Crippen molar-refractivity contribution >= 4 is 50.4 Å². The summed E-state index contributed by atoms with van der Waals surface area (Å²) in [6.45, 7) is 10.6. The van der Waals surface area contributed by atoms with E-state index in [2.05, 4.69) is 20.7 Å². The molecule has 13 nitrogen and oxygen atoms in total. The Balaban J connectivity index is 1.55. The van der Waals surface area contributed by atoms with Crippen molar-refractivity contribution in [3.63, 3.8) is 0 Å². The molecule has 0 bridgehead atoms. The Morgan fingerprint density at radius 2 is 1.63 bits per heavy atom. The second kappa shape index (κ2) is 12.2. The Morgan fingerprint density at radius 3 is 2.21 bits per heavy atom. The number of ether oxygens (including phenoxy) is 2. The van der Waals surface area contributed by atoms with Crippen molar-refractivity contribution in [2.75, 3.05) is 45.2 Å². The summed E-state index contributed by atoms with van der Waals surface area (Å²) in [5.41, 5.74) is 0.186. The van der Waals surface area contributed by atoms with Gasteiger partial charge < -0.3 is 25.0 Å². The molecule has 0 atom stereocenters. The summed E-state index contributed by atoms with van der Waals surface area (Å²) in [4.78, 5) is 52.7. The van der Waals surface area contributed by atoms with Gasteiger partial charge in [0.25, 0.3) is 11.8 Å². The van der Waals surface area contributed by atoms with Crippen molar-refractivity contribution in [1.29, 1.82) is 0 Å². The van der Waals surface area contributed by atoms with Gasteiger partial charge in [-0.25, -0.2) is 18.0 Å². The van der Waals surface area contributed by atoms with E-state index in [0.717, 1.165) is 17.6 Å². The molecule has 2 aliphatic heterocycles. The maximum absolute atomic E-state index is 13.3. The molecule has 0 unspecified atom stereocenters. The standard InChI is InChI=1S/C28H37N5O8S2/c1-7-41-26(37)32-12-14-33(15-13-32)43(38,39)18-10-8-17(9-11-18)22(34)29-24-20(23(35)30-25(36)40-6)19-16-27(2,3)31-28(4,5)21(19)42-24/h8-11,31H,7,12-16H2,1-6H3,(H,29,34)(H,30,35,36). The minimum absolute atomic E-state index is 0.00780. The summed E-state index contributed by atoms with van der Waals surface area (Å²) in [5.74, 6) is -1.25. The molecule has 1 saturated heterocycles. The number of benzene rings is 1. The number of rotatable bonds is 6. The van der Waals surface area contributed by atoms with Crippen molar-refractivity contribution in [3.8, 4) is 0 Å². The number of sulfonamides is 1. The molecule has 43 heavy (non-hydrogen) atoms. The number of piperazine rings is 1. The normalized spacial score (nSPS) is 17.9. The van der Waals surface area contributed by atoms with Crippen LogP contribution in [0.3, 0.4) is 0 Å². The van der Waals surface area contributed by atoms with Crippen LogP contribution in [0.4, 0.5) is 14.6 Å². The van der Waals surface area contributed by atoms with E-state index < -0.39 is 39.6 Å². The number of hydrogen-bond acceptors (Lipinski definition) is 10. The van der Waals surface area contributed by atoms with Gasteiger partial charge in [-0.1, -0.05) is 0 Å². The van der Waals surface area contributed by atoms with Gasteiger partial charge in [-0.15, -0.1) is 11.3 Å². The highest BCUT2D eigenvalue weighted by molar-refractivity contribution is 7.89. The Hall–Kier alpha value is -3.53. The fourth-order valence-electron chi connectivity index (χ4n) is 5.49. The Morgan fingerprint density at radius 1 is 1.00 bits per heavy atom. The van der Waals surface area contributed by atoms with Crippen molar-refractivity contribution in [2.45, 2.75) is 57.0 Å². The van der Waals surface area contributed by atoms with E-state index in [9.17, 15) is 27.6 Å². The van der Waals surface area contributed by atoms with E-state index >= 15 is 0 Å². The highest BCUT2D eigenvalue weighted by Gasteiger charge is 2.42. The number of thiophene rings is 1. The molecular formula is C28H37N5O8S2. The molecular weight excluding hydrogens is 598 g/mol. The first kappa shape index (κ1) is 32.4. The van der Waals surface area contributed by atoms with E-state index in [1.54, 1.807) is 6.92 Å². The number of carbonyl (C=O) groups is 4. The van der Waals surface area contributed by atoms with Gasteiger partial charge in [0.2, 0.25) is 10.0 Å². The van der Waals surface area contributed by atoms with Gasteiger partial charge >= 0.3 is 12.2 Å². The fourth-order valence-corrected chi connectivity index (χ4v) is 8.18. The zero-order valence-corrected chi connectivity index (χ0v) is 26.7. The molecule has 15 heteroatoms. The van der Waals surface area contributed by atoms with Crippen molar-refractivity contribution in [2.24, 2.45) is 0 Å². The lowest BCUT2D eigenvalue weighted by Crippen LogP contribution is -2.55. The van der Waals surface area contributed by atoms with E-state index in [1.165, 1.54) is 44.8 Å². The molecule has 0 radical (unpaired) electrons. The molecule has 2 aromatic rings. The van der Waals surface area contributed by atoms with Crippen LogP contribution in [0.2, 0.25) is 0 Å². The molecule has 2 aliphatic rings. The van der Waals surface area contributed by atoms with Crippen LogP contribution in [-0.2, 0) is 31.5 Å². The zero-order valence-electron chi connectivity index (χ0n) is 25.0. The van der Waals surface area contributed by atoms with E-state index in [1.807, 2.05) is 27.7 Å². The number of hydrogen-bond donors (Lipinski definition) is 3. The third kappa shape index (κ3) is 6.84. The Kier molecular flexibility index (Phi) is 9.21. The lowest BCUT2D eigenvalue weighted by Gasteiger charge is -2.42. The summed E-state index contributed by atoms with van der Waals surface area (Å²) in [7, 11) is -2.71. The van der Waals surface area contributed by atoms with Gasteiger partial charge in [-0.2, -0.15) is 4.31 Å². The van der Waals surface area contributed by atoms with Crippen LogP contribution in [0.1, 0.15) is 65.8 Å². The average Bonchev–Trinajstić information content (AvgIpc) is 3.30. The van der Waals surface area contributed by atoms with Crippen LogP contribution in [0.15, 0.2) is 29.2 Å². The summed E-state index contributed by atoms with van der Waals surface area (Å²) < 4.78 is 37.3. The summed E-state index contributed by atoms with van der Waals surface area (Å²) in [6, 6.07) is 5.49. The fraction of sp³-hybridized carbons (Fsp3) is 0.500. The molecule has 0 saturated carbocycles. The summed E-state index contributed by atoms with van der Waals surface area (Å²) in [6.07, 6.45) is -0.924. The van der Waals surface area contributed by atoms with E-state index in [0.29, 0.717) is 6.42 Å². The second-order valence-corrected chi connectivity index (χ2v) is 14.4. The molecule has 3 heterocycles. The van der Waals surface area contributed by atoms with Crippen LogP contribution in [0.5, 0.6) is 0 Å². The quantitative estimate of drug-likeness (QED) is 0.433. The minimum Gasteiger partial charge on any atom is -0.453 e. The predicted molar refractivity (Wildman–Crippen MR) is 160 cm³/mol. The summed E-state index contributed by atoms with van der Waals surface area (Å²) in [5, 5.41) is 8.81. The number of carbonyl (C=O) groups excluding carboxylic acids is 4. The van der Waals surface area contributed by atoms with E-state index in [4.69, 9.17) is 4.74 Å². The SMILES string of the molecule is CCOC(=O)N1CCN(S(=O)(=O)c2ccc(C(=O)Nc3sc4c(c3C(=O)NC(=O)OC)CC(C)(C)NC4(C)C)cc2)CC1. The first-order chi connectivity index (χ1) is 20.1. The molecule has 1 aromatic heterocycles. The van der Waals surface area contributed by atoms with Crippen molar-refractivity contribution in [1.82, 2.24) is 19.8 Å². The predicted octanol–water partition coefficient (Wildman–Crippen LogP) is 3.12. The third-order valence-electron chi connectivity index (χ3n) is 7.22. The lowest BCUT2D eigenvalue weighted by atomic mass is 9.81. The number of alkyl carbamates (subject to hydrolysis) is 1. The van der Waals surface area contributed by atoms with Crippen LogP contribution in [0.25, 0.3) is 0 Å². The molecule has 0 aliphatic carbocycles. The first-order valence-electron chi connectivity index (χ1n) is 13.8. The average molecular weight is 636 g/mol. The van der Waals surface area contributed by atoms with Crippen molar-refractivity contribution in [3.05, 3.63) is 45.8 Å². The number of methoxy groups -OCH3 is 1. The van der Waals surface area contributed by atoms with Gasteiger partial charge in [-0.3, -0.25) is 14.9 Å². The number of fused-ring (bicyclic) bond motifs is 1. The molecule has 1 fully saturated rings. The molecule has 1 aromatic carbocycles. The highest BCUT2D eigenvalue weighted by Crippen LogP contribution is 2.45. The van der Waals surface area contributed by atoms with Crippen LogP contribution in [-0.4, -0.2) is 87.1 Å². The number of amides is 4. The number of nitrogens with one attached hydrogen (secondary N) is 3. The minimum atomic E-state index is -3.86. The Bertz CT molecular complexity index is 1520. The van der Waals surface area contributed by atoms with Gasteiger partial charge in [0, 0.05) is 47.7 Å². The van der Waals surface area contributed by atoms with Gasteiger partial charge in [-0.05, 0) is 70.9 Å². The molecule has 3 N–H and O–H groups in total. The zero-order chi connectivity index (χ0) is 31.7. The Labute approximate surface area is 254 Å². The van der Waals surface area contributed by atoms with Crippen LogP contribution in [0, 0.1) is 0 Å². The molecule has 0 spiro atoms. The van der Waals surface area contributed by atoms with Gasteiger partial charge in [0.15, 0.2) is 0 Å². The smallest absolute Gasteiger partial charge is 0.413 e.